The predicted octanol–water partition coefficient (Wildman–Crippen LogP) is 8.97. The summed E-state index contributed by atoms with van der Waals surface area (Å²) in [6, 6.07) is 22.1. The van der Waals surface area contributed by atoms with Crippen LogP contribution in [0.15, 0.2) is 72.8 Å². The van der Waals surface area contributed by atoms with Crippen LogP contribution in [0.1, 0.15) is 80.1 Å². The molecule has 0 fully saturated rings. The van der Waals surface area contributed by atoms with Crippen molar-refractivity contribution in [3.8, 4) is 0 Å². The molecule has 3 heteroatoms. The van der Waals surface area contributed by atoms with Crippen molar-refractivity contribution in [2.45, 2.75) is 103 Å². The van der Waals surface area contributed by atoms with Gasteiger partial charge in [0.25, 0.3) is 0 Å². The van der Waals surface area contributed by atoms with E-state index in [1.807, 2.05) is 0 Å². The molecule has 0 radical (unpaired) electrons. The first-order valence-corrected chi connectivity index (χ1v) is 24.1. The maximum atomic E-state index is 7.26. The molecule has 0 saturated heterocycles. The Hall–Kier alpha value is -0.844. The van der Waals surface area contributed by atoms with Crippen LogP contribution in [-0.4, -0.2) is 33.3 Å². The molecule has 0 bridgehead atoms. The minimum absolute atomic E-state index is 0.0169. The molecule has 0 saturated carbocycles. The van der Waals surface area contributed by atoms with E-state index in [2.05, 4.69) is 109 Å². The van der Waals surface area contributed by atoms with E-state index in [-0.39, 0.29) is 5.04 Å². The standard InChI is InChI=1S/C20H25OSi.3C4H9.Sn/c1-17(2)16-21-22(20(3,4)5,18-12-8-6-9-13-18)19-14-10-7-11-15-19;3*1-3-4-2;/h6-15H,1-2,16H2,3-5H3;3*1,3-4H2,2H3;. The van der Waals surface area contributed by atoms with E-state index in [1.165, 1.54) is 72.2 Å². The Morgan fingerprint density at radius 1 is 0.743 bits per heavy atom. The number of rotatable bonds is 16. The van der Waals surface area contributed by atoms with Crippen LogP contribution < -0.4 is 10.4 Å². The predicted molar refractivity (Wildman–Crippen MR) is 162 cm³/mol. The summed E-state index contributed by atoms with van der Waals surface area (Å²) in [6.45, 7) is 19.6. The van der Waals surface area contributed by atoms with Gasteiger partial charge in [-0.25, -0.2) is 0 Å². The van der Waals surface area contributed by atoms with Crippen molar-refractivity contribution >= 4 is 37.1 Å². The van der Waals surface area contributed by atoms with Crippen LogP contribution in [0.4, 0.5) is 0 Å². The van der Waals surface area contributed by atoms with Gasteiger partial charge in [-0.05, 0) is 0 Å². The summed E-state index contributed by atoms with van der Waals surface area (Å²) >= 11 is -2.29. The fourth-order valence-electron chi connectivity index (χ4n) is 5.85. The van der Waals surface area contributed by atoms with Gasteiger partial charge in [0, 0.05) is 0 Å². The van der Waals surface area contributed by atoms with Crippen molar-refractivity contribution in [1.29, 1.82) is 0 Å². The Morgan fingerprint density at radius 3 is 1.49 bits per heavy atom. The average molecular weight is 600 g/mol. The zero-order valence-electron chi connectivity index (χ0n) is 23.7. The number of hydrogen-bond acceptors (Lipinski definition) is 1. The van der Waals surface area contributed by atoms with Gasteiger partial charge in [0.15, 0.2) is 0 Å². The Morgan fingerprint density at radius 2 is 1.14 bits per heavy atom. The molecule has 0 aliphatic carbocycles. The molecule has 35 heavy (non-hydrogen) atoms. The van der Waals surface area contributed by atoms with Crippen molar-refractivity contribution in [2.24, 2.45) is 0 Å². The fraction of sp³-hybridized carbons (Fsp3) is 0.562. The molecule has 0 atom stereocenters. The molecule has 0 aliphatic heterocycles. The Kier molecular flexibility index (Phi) is 12.8. The summed E-state index contributed by atoms with van der Waals surface area (Å²) < 4.78 is 13.2. The van der Waals surface area contributed by atoms with Crippen LogP contribution in [0.5, 0.6) is 0 Å². The van der Waals surface area contributed by atoms with Gasteiger partial charge >= 0.3 is 224 Å². The maximum absolute atomic E-state index is 7.26. The van der Waals surface area contributed by atoms with Crippen molar-refractivity contribution in [2.75, 3.05) is 6.61 Å². The molecule has 0 N–H and O–H groups in total. The van der Waals surface area contributed by atoms with Crippen LogP contribution >= 0.6 is 0 Å². The van der Waals surface area contributed by atoms with E-state index in [0.717, 1.165) is 0 Å². The van der Waals surface area contributed by atoms with Gasteiger partial charge in [-0.3, -0.25) is 0 Å². The molecule has 0 spiro atoms. The SMILES string of the molecule is C=C(CO[Si](c1ccccc1)(c1ccccc1)C(C)(C)C)[CH2][Sn]([CH2]CCC)([CH2]CCC)[CH2]CCC. The Bertz CT molecular complexity index is 795. The second kappa shape index (κ2) is 14.8. The van der Waals surface area contributed by atoms with Crippen LogP contribution in [-0.2, 0) is 4.43 Å². The quantitative estimate of drug-likeness (QED) is 0.138. The molecule has 0 heterocycles. The normalized spacial score (nSPS) is 12.6. The monoisotopic (exact) mass is 600 g/mol. The molecule has 0 aliphatic rings. The van der Waals surface area contributed by atoms with Crippen LogP contribution in [0.3, 0.4) is 0 Å². The van der Waals surface area contributed by atoms with Gasteiger partial charge in [-0.15, -0.1) is 0 Å². The minimum atomic E-state index is -2.50. The van der Waals surface area contributed by atoms with Crippen molar-refractivity contribution in [3.63, 3.8) is 0 Å². The van der Waals surface area contributed by atoms with Crippen LogP contribution in [0.25, 0.3) is 0 Å². The molecule has 2 aromatic carbocycles. The van der Waals surface area contributed by atoms with E-state index in [9.17, 15) is 0 Å². The number of hydrogen-bond donors (Lipinski definition) is 0. The molecular weight excluding hydrogens is 547 g/mol. The molecule has 2 rings (SSSR count). The topological polar surface area (TPSA) is 9.23 Å². The van der Waals surface area contributed by atoms with E-state index < -0.39 is 26.7 Å². The second-order valence-electron chi connectivity index (χ2n) is 11.7. The van der Waals surface area contributed by atoms with E-state index in [4.69, 9.17) is 4.43 Å². The van der Waals surface area contributed by atoms with E-state index in [0.29, 0.717) is 6.61 Å². The van der Waals surface area contributed by atoms with Crippen molar-refractivity contribution in [1.82, 2.24) is 0 Å². The first-order valence-electron chi connectivity index (χ1n) is 14.2. The Labute approximate surface area is 222 Å². The first-order chi connectivity index (χ1) is 16.7. The molecule has 0 unspecified atom stereocenters. The first kappa shape index (κ1) is 30.4. The van der Waals surface area contributed by atoms with E-state index >= 15 is 0 Å². The second-order valence-corrected chi connectivity index (χ2v) is 29.8. The molecule has 0 aromatic heterocycles. The van der Waals surface area contributed by atoms with Crippen molar-refractivity contribution < 1.29 is 4.43 Å². The third kappa shape index (κ3) is 8.33. The van der Waals surface area contributed by atoms with Gasteiger partial charge in [0.1, 0.15) is 0 Å². The van der Waals surface area contributed by atoms with Gasteiger partial charge < -0.3 is 0 Å². The molecule has 194 valence electrons. The zero-order valence-corrected chi connectivity index (χ0v) is 27.5. The molecule has 1 nitrogen and oxygen atoms in total. The van der Waals surface area contributed by atoms with Gasteiger partial charge in [-0.1, -0.05) is 0 Å². The Balaban J connectivity index is 2.38. The number of unbranched alkanes of at least 4 members (excludes halogenated alkanes) is 3. The summed E-state index contributed by atoms with van der Waals surface area (Å²) in [5.41, 5.74) is 1.37. The van der Waals surface area contributed by atoms with Gasteiger partial charge in [0.2, 0.25) is 0 Å². The van der Waals surface area contributed by atoms with Crippen molar-refractivity contribution in [3.05, 3.63) is 72.8 Å². The molecule has 0 amide bonds. The van der Waals surface area contributed by atoms with Crippen LogP contribution in [0, 0.1) is 0 Å². The van der Waals surface area contributed by atoms with Gasteiger partial charge in [0.05, 0.1) is 0 Å². The summed E-state index contributed by atoms with van der Waals surface area (Å²) in [7, 11) is -2.50. The fourth-order valence-corrected chi connectivity index (χ4v) is 26.8. The third-order valence-electron chi connectivity index (χ3n) is 7.72. The van der Waals surface area contributed by atoms with Crippen LogP contribution in [0.2, 0.25) is 22.8 Å². The molecule has 2 aromatic rings. The number of benzene rings is 2. The average Bonchev–Trinajstić information content (AvgIpc) is 2.85. The van der Waals surface area contributed by atoms with E-state index in [1.54, 1.807) is 0 Å². The third-order valence-corrected chi connectivity index (χ3v) is 28.4. The summed E-state index contributed by atoms with van der Waals surface area (Å²) in [4.78, 5) is 0. The zero-order chi connectivity index (χ0) is 25.8. The summed E-state index contributed by atoms with van der Waals surface area (Å²) in [5.74, 6) is 0. The summed E-state index contributed by atoms with van der Waals surface area (Å²) in [6.07, 6.45) is 8.19. The van der Waals surface area contributed by atoms with Gasteiger partial charge in [-0.2, -0.15) is 0 Å². The molecular formula is C32H52OSiSn. The summed E-state index contributed by atoms with van der Waals surface area (Å²) in [5, 5.41) is 2.75.